The van der Waals surface area contributed by atoms with Crippen LogP contribution < -0.4 is 0 Å². The molecule has 0 N–H and O–H groups in total. The van der Waals surface area contributed by atoms with Crippen LogP contribution >= 0.6 is 22.9 Å². The van der Waals surface area contributed by atoms with Gasteiger partial charge in [-0.15, -0.1) is 11.3 Å². The van der Waals surface area contributed by atoms with Crippen molar-refractivity contribution < 1.29 is 4.79 Å². The second-order valence-corrected chi connectivity index (χ2v) is 4.36. The molecule has 0 bridgehead atoms. The molecule has 5 heteroatoms. The lowest BCUT2D eigenvalue weighted by molar-refractivity contribution is 0.0822. The number of hydrogen-bond donors (Lipinski definition) is 0. The van der Waals surface area contributed by atoms with Crippen LogP contribution in [0.4, 0.5) is 0 Å². The summed E-state index contributed by atoms with van der Waals surface area (Å²) < 4.78 is 0.415. The first-order chi connectivity index (χ1) is 5.52. The van der Waals surface area contributed by atoms with Gasteiger partial charge in [-0.3, -0.25) is 4.79 Å². The van der Waals surface area contributed by atoms with Crippen molar-refractivity contribution in [2.24, 2.45) is 0 Å². The molecule has 0 atom stereocenters. The van der Waals surface area contributed by atoms with Crippen molar-refractivity contribution in [3.63, 3.8) is 0 Å². The number of thiazole rings is 1. The molecule has 0 saturated heterocycles. The molecule has 66 valence electrons. The zero-order valence-corrected chi connectivity index (χ0v) is 8.66. The van der Waals surface area contributed by atoms with Gasteiger partial charge in [0.1, 0.15) is 5.69 Å². The van der Waals surface area contributed by atoms with Crippen LogP contribution in [0.15, 0.2) is 0 Å². The maximum Gasteiger partial charge on any atom is 0.273 e. The number of nitrogens with zero attached hydrogens (tertiary/aromatic N) is 2. The van der Waals surface area contributed by atoms with E-state index in [1.807, 2.05) is 6.92 Å². The minimum atomic E-state index is -0.101. The number of amides is 1. The molecule has 0 aliphatic heterocycles. The van der Waals surface area contributed by atoms with Gasteiger partial charge in [-0.2, -0.15) is 0 Å². The van der Waals surface area contributed by atoms with E-state index in [4.69, 9.17) is 11.6 Å². The van der Waals surface area contributed by atoms with Crippen LogP contribution in [0.3, 0.4) is 0 Å². The van der Waals surface area contributed by atoms with Crippen molar-refractivity contribution >= 4 is 28.8 Å². The van der Waals surface area contributed by atoms with E-state index >= 15 is 0 Å². The quantitative estimate of drug-likeness (QED) is 0.699. The molecule has 0 radical (unpaired) electrons. The maximum absolute atomic E-state index is 11.4. The first-order valence-corrected chi connectivity index (χ1v) is 4.56. The Morgan fingerprint density at radius 1 is 1.58 bits per heavy atom. The largest absolute Gasteiger partial charge is 0.343 e. The van der Waals surface area contributed by atoms with Gasteiger partial charge in [-0.05, 0) is 6.92 Å². The molecule has 12 heavy (non-hydrogen) atoms. The van der Waals surface area contributed by atoms with Crippen LogP contribution in [0.1, 0.15) is 15.4 Å². The Labute approximate surface area is 80.0 Å². The molecule has 0 aliphatic rings. The number of carbonyl (C=O) groups is 1. The second kappa shape index (κ2) is 3.41. The molecule has 1 aromatic rings. The van der Waals surface area contributed by atoms with Gasteiger partial charge in [-0.1, -0.05) is 11.6 Å². The zero-order chi connectivity index (χ0) is 9.30. The fourth-order valence-corrected chi connectivity index (χ4v) is 1.83. The Balaban J connectivity index is 3.02. The molecule has 1 aromatic heterocycles. The Hall–Kier alpha value is -0.610. The van der Waals surface area contributed by atoms with E-state index in [0.717, 1.165) is 4.88 Å². The summed E-state index contributed by atoms with van der Waals surface area (Å²) in [6.45, 7) is 1.83. The van der Waals surface area contributed by atoms with Crippen LogP contribution in [0.25, 0.3) is 0 Å². The topological polar surface area (TPSA) is 33.2 Å². The summed E-state index contributed by atoms with van der Waals surface area (Å²) in [6, 6.07) is 0. The maximum atomic E-state index is 11.4. The lowest BCUT2D eigenvalue weighted by Gasteiger charge is -2.07. The van der Waals surface area contributed by atoms with Gasteiger partial charge in [0, 0.05) is 19.0 Å². The third-order valence-electron chi connectivity index (χ3n) is 1.38. The molecule has 0 saturated carbocycles. The van der Waals surface area contributed by atoms with Gasteiger partial charge >= 0.3 is 0 Å². The van der Waals surface area contributed by atoms with Crippen molar-refractivity contribution in [3.05, 3.63) is 15.0 Å². The summed E-state index contributed by atoms with van der Waals surface area (Å²) in [7, 11) is 3.38. The number of rotatable bonds is 1. The van der Waals surface area contributed by atoms with E-state index in [1.54, 1.807) is 14.1 Å². The van der Waals surface area contributed by atoms with Crippen LogP contribution in [0.5, 0.6) is 0 Å². The van der Waals surface area contributed by atoms with Gasteiger partial charge in [0.15, 0.2) is 4.47 Å². The van der Waals surface area contributed by atoms with Crippen molar-refractivity contribution in [1.29, 1.82) is 0 Å². The minimum Gasteiger partial charge on any atom is -0.343 e. The summed E-state index contributed by atoms with van der Waals surface area (Å²) in [5, 5.41) is 0. The second-order valence-electron chi connectivity index (χ2n) is 2.57. The van der Waals surface area contributed by atoms with E-state index in [-0.39, 0.29) is 5.91 Å². The van der Waals surface area contributed by atoms with Gasteiger partial charge < -0.3 is 4.90 Å². The highest BCUT2D eigenvalue weighted by Gasteiger charge is 2.15. The highest BCUT2D eigenvalue weighted by atomic mass is 35.5. The molecule has 0 fully saturated rings. The van der Waals surface area contributed by atoms with E-state index < -0.39 is 0 Å². The molecule has 3 nitrogen and oxygen atoms in total. The number of aryl methyl sites for hydroxylation is 1. The summed E-state index contributed by atoms with van der Waals surface area (Å²) in [6.07, 6.45) is 0. The number of halogens is 1. The molecular formula is C7H9ClN2OS. The Bertz CT molecular complexity index is 308. The summed E-state index contributed by atoms with van der Waals surface area (Å²) in [5.74, 6) is -0.101. The smallest absolute Gasteiger partial charge is 0.273 e. The Morgan fingerprint density at radius 2 is 2.17 bits per heavy atom. The predicted molar refractivity (Wildman–Crippen MR) is 49.9 cm³/mol. The van der Waals surface area contributed by atoms with Gasteiger partial charge in [0.05, 0.1) is 0 Å². The summed E-state index contributed by atoms with van der Waals surface area (Å²) in [4.78, 5) is 17.7. The normalized spacial score (nSPS) is 10.0. The highest BCUT2D eigenvalue weighted by molar-refractivity contribution is 7.15. The van der Waals surface area contributed by atoms with E-state index in [1.165, 1.54) is 16.2 Å². The van der Waals surface area contributed by atoms with E-state index in [9.17, 15) is 4.79 Å². The molecule has 0 aliphatic carbocycles. The summed E-state index contributed by atoms with van der Waals surface area (Å²) in [5.41, 5.74) is 0.454. The third-order valence-corrected chi connectivity index (χ3v) is 2.45. The van der Waals surface area contributed by atoms with Gasteiger partial charge in [0.2, 0.25) is 0 Å². The molecule has 0 unspecified atom stereocenters. The number of carbonyl (C=O) groups excluding carboxylic acids is 1. The summed E-state index contributed by atoms with van der Waals surface area (Å²) >= 11 is 6.97. The first kappa shape index (κ1) is 9.48. The average molecular weight is 205 g/mol. The van der Waals surface area contributed by atoms with E-state index in [2.05, 4.69) is 4.98 Å². The average Bonchev–Trinajstić information content (AvgIpc) is 2.28. The third kappa shape index (κ3) is 1.76. The molecule has 1 amide bonds. The van der Waals surface area contributed by atoms with Gasteiger partial charge in [-0.25, -0.2) is 4.98 Å². The predicted octanol–water partition coefficient (Wildman–Crippen LogP) is 1.81. The van der Waals surface area contributed by atoms with Crippen LogP contribution in [0, 0.1) is 6.92 Å². The van der Waals surface area contributed by atoms with E-state index in [0.29, 0.717) is 10.2 Å². The minimum absolute atomic E-state index is 0.101. The van der Waals surface area contributed by atoms with Crippen molar-refractivity contribution in [1.82, 2.24) is 9.88 Å². The number of aromatic nitrogens is 1. The van der Waals surface area contributed by atoms with Crippen molar-refractivity contribution in [2.45, 2.75) is 6.92 Å². The van der Waals surface area contributed by atoms with Crippen LogP contribution in [0.2, 0.25) is 4.47 Å². The molecule has 1 heterocycles. The van der Waals surface area contributed by atoms with Crippen LogP contribution in [-0.2, 0) is 0 Å². The lowest BCUT2D eigenvalue weighted by Crippen LogP contribution is -2.22. The van der Waals surface area contributed by atoms with Crippen LogP contribution in [-0.4, -0.2) is 29.9 Å². The fraction of sp³-hybridized carbons (Fsp3) is 0.429. The first-order valence-electron chi connectivity index (χ1n) is 3.37. The van der Waals surface area contributed by atoms with Gasteiger partial charge in [0.25, 0.3) is 5.91 Å². The zero-order valence-electron chi connectivity index (χ0n) is 7.09. The molecule has 0 aromatic carbocycles. The standard InChI is InChI=1S/C7H9ClN2OS/c1-4-5(6(11)10(2)3)9-7(8)12-4/h1-3H3. The Morgan fingerprint density at radius 3 is 2.50 bits per heavy atom. The fourth-order valence-electron chi connectivity index (χ4n) is 0.774. The molecular weight excluding hydrogens is 196 g/mol. The SMILES string of the molecule is Cc1sc(Cl)nc1C(=O)N(C)C. The molecule has 0 spiro atoms. The Kier molecular flexibility index (Phi) is 2.69. The lowest BCUT2D eigenvalue weighted by atomic mass is 10.3. The van der Waals surface area contributed by atoms with Crippen molar-refractivity contribution in [3.8, 4) is 0 Å². The highest BCUT2D eigenvalue weighted by Crippen LogP contribution is 2.22. The number of hydrogen-bond acceptors (Lipinski definition) is 3. The monoisotopic (exact) mass is 204 g/mol. The van der Waals surface area contributed by atoms with Crippen molar-refractivity contribution in [2.75, 3.05) is 14.1 Å². The molecule has 1 rings (SSSR count).